The first kappa shape index (κ1) is 30.2. The average molecular weight is 816 g/mol. The molecular weight excluding hydrogens is 790 g/mol. The summed E-state index contributed by atoms with van der Waals surface area (Å²) in [6, 6.07) is 57.4. The van der Waals surface area contributed by atoms with Crippen LogP contribution in [0.2, 0.25) is 0 Å². The van der Waals surface area contributed by atoms with Gasteiger partial charge in [-0.1, -0.05) is 137 Å². The number of rotatable bonds is 6. The van der Waals surface area contributed by atoms with Crippen LogP contribution in [0.5, 0.6) is 0 Å². The second kappa shape index (κ2) is 12.5. The van der Waals surface area contributed by atoms with Gasteiger partial charge in [0.15, 0.2) is 12.8 Å². The van der Waals surface area contributed by atoms with Crippen LogP contribution in [0.25, 0.3) is 38.8 Å². The van der Waals surface area contributed by atoms with Crippen LogP contribution < -0.4 is 20.7 Å². The smallest absolute Gasteiger partial charge is 0.198 e. The minimum Gasteiger partial charge on any atom is -0.309 e. The molecule has 8 rings (SSSR count). The zero-order chi connectivity index (χ0) is 32.0. The Hall–Kier alpha value is -4.14. The van der Waals surface area contributed by atoms with Gasteiger partial charge in [0.2, 0.25) is 0 Å². The molecule has 2 aromatic heterocycles. The van der Waals surface area contributed by atoms with Gasteiger partial charge in [0.05, 0.1) is 16.7 Å². The van der Waals surface area contributed by atoms with Crippen LogP contribution in [0.1, 0.15) is 0 Å². The van der Waals surface area contributed by atoms with Crippen LogP contribution in [-0.2, 0) is 0 Å². The first-order valence-corrected chi connectivity index (χ1v) is 19.6. The average Bonchev–Trinajstić information content (AvgIpc) is 3.44. The summed E-state index contributed by atoms with van der Waals surface area (Å²) in [6.07, 6.45) is 0. The van der Waals surface area contributed by atoms with Crippen molar-refractivity contribution in [3.63, 3.8) is 0 Å². The van der Waals surface area contributed by atoms with Gasteiger partial charge in [-0.05, 0) is 89.0 Å². The third kappa shape index (κ3) is 5.22. The quantitative estimate of drug-likeness (QED) is 0.0727. The van der Waals surface area contributed by atoms with E-state index in [1.54, 1.807) is 0 Å². The van der Waals surface area contributed by atoms with E-state index in [0.29, 0.717) is 4.73 Å². The molecule has 0 aliphatic heterocycles. The molecule has 0 atom stereocenters. The molecule has 0 bridgehead atoms. The number of hydrogen-bond donors (Lipinski definition) is 0. The van der Waals surface area contributed by atoms with Crippen molar-refractivity contribution < 1.29 is 0 Å². The second-order valence-corrected chi connectivity index (χ2v) is 17.6. The maximum absolute atomic E-state index is 4.77. The molecule has 0 N–H and O–H groups in total. The van der Waals surface area contributed by atoms with E-state index in [1.165, 1.54) is 42.6 Å². The van der Waals surface area contributed by atoms with Gasteiger partial charge in [-0.25, -0.2) is 9.97 Å². The predicted molar refractivity (Wildman–Crippen MR) is 209 cm³/mol. The number of fused-ring (bicyclic) bond motifs is 3. The normalized spacial score (nSPS) is 11.7. The molecule has 7 heteroatoms. The molecule has 2 heterocycles. The van der Waals surface area contributed by atoms with Crippen LogP contribution in [0.3, 0.4) is 0 Å². The summed E-state index contributed by atoms with van der Waals surface area (Å²) in [7, 11) is -2.89. The van der Waals surface area contributed by atoms with E-state index in [2.05, 4.69) is 209 Å². The lowest BCUT2D eigenvalue weighted by Crippen LogP contribution is -2.74. The summed E-state index contributed by atoms with van der Waals surface area (Å²) >= 11 is 10.9. The van der Waals surface area contributed by atoms with Crippen molar-refractivity contribution in [2.24, 2.45) is 0 Å². The number of benzene rings is 6. The van der Waals surface area contributed by atoms with Gasteiger partial charge in [-0.2, -0.15) is 0 Å². The molecule has 0 radical (unpaired) electrons. The van der Waals surface area contributed by atoms with E-state index < -0.39 is 8.07 Å². The zero-order valence-corrected chi connectivity index (χ0v) is 30.7. The largest absolute Gasteiger partial charge is 0.309 e. The number of para-hydroxylation sites is 2. The van der Waals surface area contributed by atoms with Gasteiger partial charge >= 0.3 is 0 Å². The first-order chi connectivity index (χ1) is 23.0. The van der Waals surface area contributed by atoms with E-state index in [-0.39, 0.29) is 0 Å². The third-order valence-electron chi connectivity index (χ3n) is 8.87. The van der Waals surface area contributed by atoms with Crippen molar-refractivity contribution in [2.45, 2.75) is 0 Å². The van der Waals surface area contributed by atoms with Gasteiger partial charge in [0.25, 0.3) is 0 Å². The molecule has 0 fully saturated rings. The number of nitrogens with zero attached hydrogens (tertiary/aromatic N) is 3. The number of hydrogen-bond acceptors (Lipinski definition) is 2. The fraction of sp³-hybridized carbons (Fsp3) is 0. The van der Waals surface area contributed by atoms with Crippen LogP contribution in [0.15, 0.2) is 172 Å². The highest BCUT2D eigenvalue weighted by Crippen LogP contribution is 2.32. The third-order valence-corrected chi connectivity index (χ3v) is 15.1. The fourth-order valence-corrected chi connectivity index (χ4v) is 13.2. The lowest BCUT2D eigenvalue weighted by molar-refractivity contribution is 1.09. The molecule has 0 saturated heterocycles. The minimum atomic E-state index is -2.89. The Labute approximate surface area is 299 Å². The molecule has 6 aromatic carbocycles. The van der Waals surface area contributed by atoms with Gasteiger partial charge in [0, 0.05) is 26.5 Å². The Morgan fingerprint density at radius 3 is 1.64 bits per heavy atom. The van der Waals surface area contributed by atoms with Crippen LogP contribution in [0, 0.1) is 0 Å². The fourth-order valence-electron chi connectivity index (χ4n) is 6.94. The van der Waals surface area contributed by atoms with E-state index in [0.717, 1.165) is 26.0 Å². The monoisotopic (exact) mass is 813 g/mol. The second-order valence-electron chi connectivity index (χ2n) is 11.4. The summed E-state index contributed by atoms with van der Waals surface area (Å²) in [5.74, 6) is 0. The topological polar surface area (TPSA) is 30.7 Å². The molecule has 0 aliphatic carbocycles. The standard InChI is InChI=1S/C40H26Br3N3Si/c41-35-23-22-31(25-34(35)36-26-39(42)45-40(43)44-36)47(28-13-3-1-4-14-28,29-15-5-2-6-16-29)30-17-11-12-27(24-30)46-37-20-9-7-18-32(37)33-19-8-10-21-38(33)46/h1-26H. The molecule has 0 aliphatic rings. The van der Waals surface area contributed by atoms with Crippen molar-refractivity contribution in [2.75, 3.05) is 0 Å². The van der Waals surface area contributed by atoms with Crippen molar-refractivity contribution >= 4 is 98.4 Å². The Morgan fingerprint density at radius 2 is 1.02 bits per heavy atom. The highest BCUT2D eigenvalue weighted by Gasteiger charge is 2.42. The number of halogens is 3. The van der Waals surface area contributed by atoms with Gasteiger partial charge in [-0.3, -0.25) is 0 Å². The van der Waals surface area contributed by atoms with Crippen molar-refractivity contribution in [1.82, 2.24) is 14.5 Å². The molecule has 0 amide bonds. The Morgan fingerprint density at radius 1 is 0.468 bits per heavy atom. The van der Waals surface area contributed by atoms with Crippen LogP contribution in [0.4, 0.5) is 0 Å². The lowest BCUT2D eigenvalue weighted by atomic mass is 10.1. The van der Waals surface area contributed by atoms with E-state index in [1.807, 2.05) is 6.07 Å². The highest BCUT2D eigenvalue weighted by atomic mass is 79.9. The van der Waals surface area contributed by atoms with E-state index in [4.69, 9.17) is 4.98 Å². The molecule has 8 aromatic rings. The van der Waals surface area contributed by atoms with Gasteiger partial charge in [0.1, 0.15) is 4.60 Å². The number of aromatic nitrogens is 3. The summed E-state index contributed by atoms with van der Waals surface area (Å²) in [5, 5.41) is 7.68. The summed E-state index contributed by atoms with van der Waals surface area (Å²) in [6.45, 7) is 0. The molecule has 226 valence electrons. The van der Waals surface area contributed by atoms with Crippen molar-refractivity contribution in [3.8, 4) is 16.9 Å². The Balaban J connectivity index is 1.46. The zero-order valence-electron chi connectivity index (χ0n) is 25.0. The minimum absolute atomic E-state index is 0.535. The Bertz CT molecular complexity index is 2300. The maximum Gasteiger partial charge on any atom is 0.198 e. The molecule has 47 heavy (non-hydrogen) atoms. The van der Waals surface area contributed by atoms with Gasteiger partial charge in [-0.15, -0.1) is 0 Å². The first-order valence-electron chi connectivity index (χ1n) is 15.2. The summed E-state index contributed by atoms with van der Waals surface area (Å²) in [4.78, 5) is 9.16. The van der Waals surface area contributed by atoms with Crippen molar-refractivity contribution in [1.29, 1.82) is 0 Å². The van der Waals surface area contributed by atoms with Crippen LogP contribution in [-0.4, -0.2) is 22.6 Å². The highest BCUT2D eigenvalue weighted by molar-refractivity contribution is 9.11. The summed E-state index contributed by atoms with van der Waals surface area (Å²) in [5.41, 5.74) is 5.38. The van der Waals surface area contributed by atoms with Crippen molar-refractivity contribution in [3.05, 3.63) is 172 Å². The molecule has 0 unspecified atom stereocenters. The lowest BCUT2D eigenvalue weighted by Gasteiger charge is -2.35. The Kier molecular flexibility index (Phi) is 8.01. The maximum atomic E-state index is 4.77. The SMILES string of the molecule is Brc1cc(-c2cc([Si](c3ccccc3)(c3ccccc3)c3cccc(-n4c5ccccc5c5ccccc54)c3)ccc2Br)nc(Br)n1. The molecule has 3 nitrogen and oxygen atoms in total. The predicted octanol–water partition coefficient (Wildman–Crippen LogP) is 8.91. The molecular formula is C40H26Br3N3Si. The van der Waals surface area contributed by atoms with Crippen LogP contribution >= 0.6 is 47.8 Å². The molecule has 0 spiro atoms. The van der Waals surface area contributed by atoms with E-state index in [9.17, 15) is 0 Å². The van der Waals surface area contributed by atoms with Gasteiger partial charge < -0.3 is 4.57 Å². The van der Waals surface area contributed by atoms with E-state index >= 15 is 0 Å². The summed E-state index contributed by atoms with van der Waals surface area (Å²) < 4.78 is 4.64. The molecule has 0 saturated carbocycles.